The maximum atomic E-state index is 2.29. The average Bonchev–Trinajstić information content (AvgIpc) is 4.08. The van der Waals surface area contributed by atoms with Gasteiger partial charge in [-0.2, -0.15) is 0 Å². The van der Waals surface area contributed by atoms with Crippen LogP contribution in [0.3, 0.4) is 0 Å². The van der Waals surface area contributed by atoms with Crippen molar-refractivity contribution < 1.29 is 0 Å². The third-order valence-corrected chi connectivity index (χ3v) is 17.0. The molecule has 0 nitrogen and oxygen atoms in total. The van der Waals surface area contributed by atoms with Gasteiger partial charge in [-0.3, -0.25) is 0 Å². The summed E-state index contributed by atoms with van der Waals surface area (Å²) in [6.07, 6.45) is 0. The van der Waals surface area contributed by atoms with Crippen LogP contribution in [-0.4, -0.2) is 0 Å². The Balaban J connectivity index is 0.812. The fourth-order valence-corrected chi connectivity index (χ4v) is 13.1. The van der Waals surface area contributed by atoms with E-state index in [4.69, 9.17) is 0 Å². The predicted octanol–water partition coefficient (Wildman–Crippen LogP) is 17.1. The summed E-state index contributed by atoms with van der Waals surface area (Å²) >= 11 is 11.3. The number of hydrogen-bond acceptors (Lipinski definition) is 6. The Hall–Kier alpha value is -4.92. The molecule has 0 bridgehead atoms. The Morgan fingerprint density at radius 2 is 0.333 bits per heavy atom. The highest BCUT2D eigenvalue weighted by Gasteiger charge is 2.15. The summed E-state index contributed by atoms with van der Waals surface area (Å²) in [7, 11) is 0. The Labute approximate surface area is 339 Å². The van der Waals surface area contributed by atoms with Crippen LogP contribution in [-0.2, 0) is 0 Å². The molecule has 0 unspecified atom stereocenters. The van der Waals surface area contributed by atoms with Gasteiger partial charge in [0.1, 0.15) is 0 Å². The van der Waals surface area contributed by atoms with Crippen LogP contribution in [0.25, 0.3) is 91.9 Å². The molecular formula is C48H30S6. The minimum absolute atomic E-state index is 1.25. The van der Waals surface area contributed by atoms with Crippen LogP contribution in [0.1, 0.15) is 0 Å². The van der Waals surface area contributed by atoms with E-state index in [1.54, 1.807) is 0 Å². The molecule has 54 heavy (non-hydrogen) atoms. The first kappa shape index (κ1) is 33.6. The SMILES string of the molecule is c1ccc(-c2ccc(-c3ccc(-c4ccc(-c5ccc(-c6ccc(-c7ccc(-c8ccc(-c9ccc(-c%10ccccc%10)cc9)s8)s7)s6)s5)s4)s3)cc2)cc1. The lowest BCUT2D eigenvalue weighted by Crippen LogP contribution is -1.77. The van der Waals surface area contributed by atoms with Crippen molar-refractivity contribution >= 4 is 68.0 Å². The third-order valence-electron chi connectivity index (χ3n) is 9.40. The van der Waals surface area contributed by atoms with Crippen LogP contribution in [0.2, 0.25) is 0 Å². The molecule has 10 aromatic rings. The van der Waals surface area contributed by atoms with Gasteiger partial charge < -0.3 is 0 Å². The van der Waals surface area contributed by atoms with Gasteiger partial charge in [-0.15, -0.1) is 68.0 Å². The van der Waals surface area contributed by atoms with E-state index in [1.165, 1.54) is 91.9 Å². The molecule has 258 valence electrons. The fourth-order valence-electron chi connectivity index (χ4n) is 6.58. The van der Waals surface area contributed by atoms with Gasteiger partial charge in [0.25, 0.3) is 0 Å². The van der Waals surface area contributed by atoms with Crippen LogP contribution < -0.4 is 0 Å². The lowest BCUT2D eigenvalue weighted by atomic mass is 10.0. The first-order valence-electron chi connectivity index (χ1n) is 17.6. The highest BCUT2D eigenvalue weighted by atomic mass is 32.1. The third kappa shape index (κ3) is 6.82. The van der Waals surface area contributed by atoms with Crippen molar-refractivity contribution in [1.82, 2.24) is 0 Å². The van der Waals surface area contributed by atoms with E-state index >= 15 is 0 Å². The smallest absolute Gasteiger partial charge is 0.0449 e. The standard InChI is InChI=1S/C48H30S6/c1-3-7-31(8-4-1)33-11-15-35(16-12-33)37-19-21-39(49-37)41-23-25-43(51-41)45-27-29-47(53-45)48-30-28-46(54-48)44-26-24-42(52-44)40-22-20-38(50-40)36-17-13-34(14-18-36)32-9-5-2-6-10-32/h1-30H. The minimum atomic E-state index is 1.25. The Morgan fingerprint density at radius 1 is 0.148 bits per heavy atom. The number of thiophene rings is 6. The Morgan fingerprint density at radius 3 is 0.593 bits per heavy atom. The molecule has 6 aromatic heterocycles. The normalized spacial score (nSPS) is 11.3. The zero-order valence-electron chi connectivity index (χ0n) is 28.8. The van der Waals surface area contributed by atoms with Gasteiger partial charge in [0.05, 0.1) is 0 Å². The molecule has 4 aromatic carbocycles. The second-order valence-corrected chi connectivity index (χ2v) is 19.4. The minimum Gasteiger partial charge on any atom is -0.134 e. The second kappa shape index (κ2) is 14.7. The Kier molecular flexibility index (Phi) is 9.17. The summed E-state index contributed by atoms with van der Waals surface area (Å²) in [5, 5.41) is 0. The summed E-state index contributed by atoms with van der Waals surface area (Å²) in [5.41, 5.74) is 7.53. The van der Waals surface area contributed by atoms with Crippen molar-refractivity contribution in [3.05, 3.63) is 182 Å². The molecule has 6 heterocycles. The molecule has 0 aliphatic rings. The van der Waals surface area contributed by atoms with Crippen LogP contribution in [0.5, 0.6) is 0 Å². The maximum absolute atomic E-state index is 2.29. The number of rotatable bonds is 9. The van der Waals surface area contributed by atoms with Crippen LogP contribution in [0.4, 0.5) is 0 Å². The van der Waals surface area contributed by atoms with E-state index in [0.717, 1.165) is 0 Å². The van der Waals surface area contributed by atoms with E-state index in [2.05, 4.69) is 182 Å². The molecule has 0 saturated carbocycles. The first-order chi connectivity index (χ1) is 26.7. The molecule has 0 amide bonds. The highest BCUT2D eigenvalue weighted by molar-refractivity contribution is 7.30. The molecule has 6 heteroatoms. The summed E-state index contributed by atoms with van der Waals surface area (Å²) in [6.45, 7) is 0. The number of benzene rings is 4. The van der Waals surface area contributed by atoms with Gasteiger partial charge >= 0.3 is 0 Å². The first-order valence-corrected chi connectivity index (χ1v) is 22.5. The topological polar surface area (TPSA) is 0 Å². The van der Waals surface area contributed by atoms with Gasteiger partial charge in [0.15, 0.2) is 0 Å². The van der Waals surface area contributed by atoms with Gasteiger partial charge in [-0.25, -0.2) is 0 Å². The maximum Gasteiger partial charge on any atom is 0.0449 e. The van der Waals surface area contributed by atoms with Crippen molar-refractivity contribution in [2.24, 2.45) is 0 Å². The summed E-state index contributed by atoms with van der Waals surface area (Å²) in [6, 6.07) is 66.3. The van der Waals surface area contributed by atoms with Crippen molar-refractivity contribution in [1.29, 1.82) is 0 Å². The Bertz CT molecular complexity index is 2600. The van der Waals surface area contributed by atoms with Crippen LogP contribution in [0.15, 0.2) is 182 Å². The quantitative estimate of drug-likeness (QED) is 0.136. The average molecular weight is 799 g/mol. The summed E-state index contributed by atoms with van der Waals surface area (Å²) in [5.74, 6) is 0. The molecule has 0 aliphatic carbocycles. The molecule has 0 fully saturated rings. The molecule has 0 aliphatic heterocycles. The van der Waals surface area contributed by atoms with E-state index in [9.17, 15) is 0 Å². The fraction of sp³-hybridized carbons (Fsp3) is 0. The molecule has 0 N–H and O–H groups in total. The van der Waals surface area contributed by atoms with E-state index < -0.39 is 0 Å². The lowest BCUT2D eigenvalue weighted by Gasteiger charge is -2.03. The van der Waals surface area contributed by atoms with Gasteiger partial charge in [-0.1, -0.05) is 109 Å². The molecule has 0 radical (unpaired) electrons. The molecule has 0 spiro atoms. The molecule has 0 saturated heterocycles. The van der Waals surface area contributed by atoms with E-state index in [1.807, 2.05) is 68.0 Å². The van der Waals surface area contributed by atoms with Crippen LogP contribution in [0, 0.1) is 0 Å². The van der Waals surface area contributed by atoms with Crippen molar-refractivity contribution in [2.45, 2.75) is 0 Å². The zero-order chi connectivity index (χ0) is 35.8. The van der Waals surface area contributed by atoms with Crippen molar-refractivity contribution in [2.75, 3.05) is 0 Å². The zero-order valence-corrected chi connectivity index (χ0v) is 33.7. The second-order valence-electron chi connectivity index (χ2n) is 12.9. The van der Waals surface area contributed by atoms with Crippen LogP contribution >= 0.6 is 68.0 Å². The van der Waals surface area contributed by atoms with Crippen molar-refractivity contribution in [3.63, 3.8) is 0 Å². The number of hydrogen-bond donors (Lipinski definition) is 0. The van der Waals surface area contributed by atoms with Gasteiger partial charge in [0, 0.05) is 58.5 Å². The predicted molar refractivity (Wildman–Crippen MR) is 243 cm³/mol. The van der Waals surface area contributed by atoms with E-state index in [-0.39, 0.29) is 0 Å². The highest BCUT2D eigenvalue weighted by Crippen LogP contribution is 2.47. The molecule has 10 rings (SSSR count). The molecular weight excluding hydrogens is 769 g/mol. The van der Waals surface area contributed by atoms with Gasteiger partial charge in [0.2, 0.25) is 0 Å². The lowest BCUT2D eigenvalue weighted by molar-refractivity contribution is 1.62. The summed E-state index contributed by atoms with van der Waals surface area (Å²) in [4.78, 5) is 15.8. The molecule has 0 atom stereocenters. The summed E-state index contributed by atoms with van der Waals surface area (Å²) < 4.78 is 0. The largest absolute Gasteiger partial charge is 0.134 e. The van der Waals surface area contributed by atoms with Gasteiger partial charge in [-0.05, 0) is 106 Å². The van der Waals surface area contributed by atoms with E-state index in [0.29, 0.717) is 0 Å². The van der Waals surface area contributed by atoms with Crippen molar-refractivity contribution in [3.8, 4) is 91.9 Å². The monoisotopic (exact) mass is 798 g/mol.